The van der Waals surface area contributed by atoms with E-state index in [4.69, 9.17) is 17.2 Å². The monoisotopic (exact) mass is 253 g/mol. The Balaban J connectivity index is 3.24. The minimum atomic E-state index is -0.745. The predicted molar refractivity (Wildman–Crippen MR) is 64.8 cm³/mol. The van der Waals surface area contributed by atoms with Crippen molar-refractivity contribution < 1.29 is 13.9 Å². The zero-order valence-corrected chi connectivity index (χ0v) is 9.55. The summed E-state index contributed by atoms with van der Waals surface area (Å²) in [4.78, 5) is 18.7. The zero-order chi connectivity index (χ0) is 13.7. The van der Waals surface area contributed by atoms with Crippen molar-refractivity contribution in [3.8, 4) is 0 Å². The standard InChI is InChI=1S/C10H12FN5O2/c1-18-8(17)6-4-5(11)2-3-7(6)15-10(14)16-9(12)13/h2-4H,1H3,(H6,12,13,14,15,16). The first-order valence-electron chi connectivity index (χ1n) is 4.75. The van der Waals surface area contributed by atoms with E-state index in [0.29, 0.717) is 0 Å². The van der Waals surface area contributed by atoms with Crippen LogP contribution in [0, 0.1) is 5.82 Å². The van der Waals surface area contributed by atoms with Crippen LogP contribution in [-0.2, 0) is 4.74 Å². The maximum Gasteiger partial charge on any atom is 0.340 e. The fraction of sp³-hybridized carbons (Fsp3) is 0.100. The summed E-state index contributed by atoms with van der Waals surface area (Å²) in [6.07, 6.45) is 0. The Morgan fingerprint density at radius 3 is 2.56 bits per heavy atom. The molecule has 0 aromatic heterocycles. The van der Waals surface area contributed by atoms with Crippen molar-refractivity contribution in [3.05, 3.63) is 29.6 Å². The van der Waals surface area contributed by atoms with Gasteiger partial charge >= 0.3 is 5.97 Å². The molecule has 1 aromatic carbocycles. The highest BCUT2D eigenvalue weighted by molar-refractivity contribution is 5.98. The molecule has 6 N–H and O–H groups in total. The molecule has 0 aliphatic rings. The molecule has 0 fully saturated rings. The number of carbonyl (C=O) groups excluding carboxylic acids is 1. The maximum absolute atomic E-state index is 13.0. The van der Waals surface area contributed by atoms with Crippen LogP contribution in [0.1, 0.15) is 10.4 Å². The first kappa shape index (κ1) is 13.4. The van der Waals surface area contributed by atoms with Gasteiger partial charge in [-0.15, -0.1) is 0 Å². The van der Waals surface area contributed by atoms with Gasteiger partial charge < -0.3 is 21.9 Å². The second-order valence-corrected chi connectivity index (χ2v) is 3.16. The topological polar surface area (TPSA) is 129 Å². The van der Waals surface area contributed by atoms with Crippen LogP contribution in [0.15, 0.2) is 28.2 Å². The fourth-order valence-electron chi connectivity index (χ4n) is 1.16. The molecule has 0 aliphatic heterocycles. The molecule has 7 nitrogen and oxygen atoms in total. The summed E-state index contributed by atoms with van der Waals surface area (Å²) in [6, 6.07) is 3.36. The number of carbonyl (C=O) groups is 1. The Hall–Kier alpha value is -2.64. The van der Waals surface area contributed by atoms with E-state index in [0.717, 1.165) is 12.1 Å². The van der Waals surface area contributed by atoms with Crippen LogP contribution in [-0.4, -0.2) is 25.0 Å². The lowest BCUT2D eigenvalue weighted by Gasteiger charge is -2.04. The summed E-state index contributed by atoms with van der Waals surface area (Å²) in [5.74, 6) is -1.88. The largest absolute Gasteiger partial charge is 0.465 e. The van der Waals surface area contributed by atoms with Gasteiger partial charge in [0.1, 0.15) is 5.82 Å². The zero-order valence-electron chi connectivity index (χ0n) is 9.55. The molecule has 0 atom stereocenters. The third-order valence-corrected chi connectivity index (χ3v) is 1.84. The summed E-state index contributed by atoms with van der Waals surface area (Å²) >= 11 is 0. The average Bonchev–Trinajstić information content (AvgIpc) is 2.29. The van der Waals surface area contributed by atoms with E-state index in [1.807, 2.05) is 0 Å². The molecule has 8 heteroatoms. The Kier molecular flexibility index (Phi) is 4.19. The molecule has 0 spiro atoms. The van der Waals surface area contributed by atoms with Crippen LogP contribution in [0.5, 0.6) is 0 Å². The van der Waals surface area contributed by atoms with Crippen molar-refractivity contribution in [3.63, 3.8) is 0 Å². The van der Waals surface area contributed by atoms with Crippen LogP contribution >= 0.6 is 0 Å². The van der Waals surface area contributed by atoms with E-state index in [1.54, 1.807) is 0 Å². The summed E-state index contributed by atoms with van der Waals surface area (Å²) < 4.78 is 17.5. The van der Waals surface area contributed by atoms with Gasteiger partial charge in [0.2, 0.25) is 5.96 Å². The summed E-state index contributed by atoms with van der Waals surface area (Å²) in [5, 5.41) is 0. The van der Waals surface area contributed by atoms with Crippen molar-refractivity contribution in [2.45, 2.75) is 0 Å². The van der Waals surface area contributed by atoms with E-state index in [-0.39, 0.29) is 23.2 Å². The number of ether oxygens (including phenoxy) is 1. The van der Waals surface area contributed by atoms with Crippen molar-refractivity contribution in [2.75, 3.05) is 7.11 Å². The average molecular weight is 253 g/mol. The first-order chi connectivity index (χ1) is 8.43. The number of halogens is 1. The quantitative estimate of drug-likeness (QED) is 0.383. The number of esters is 1. The van der Waals surface area contributed by atoms with Crippen LogP contribution in [0.25, 0.3) is 0 Å². The SMILES string of the molecule is COC(=O)c1cc(F)ccc1N=C(N)N=C(N)N. The molecule has 0 amide bonds. The third kappa shape index (κ3) is 3.44. The van der Waals surface area contributed by atoms with Gasteiger partial charge in [-0.3, -0.25) is 0 Å². The van der Waals surface area contributed by atoms with Gasteiger partial charge in [0.25, 0.3) is 0 Å². The minimum absolute atomic E-state index is 0.0776. The molecule has 96 valence electrons. The molecule has 0 saturated carbocycles. The normalized spacial score (nSPS) is 10.9. The predicted octanol–water partition coefficient (Wildman–Crippen LogP) is -0.168. The van der Waals surface area contributed by atoms with Crippen molar-refractivity contribution in [1.82, 2.24) is 0 Å². The van der Waals surface area contributed by atoms with E-state index >= 15 is 0 Å². The third-order valence-electron chi connectivity index (χ3n) is 1.84. The number of nitrogens with zero attached hydrogens (tertiary/aromatic N) is 2. The van der Waals surface area contributed by atoms with Crippen molar-refractivity contribution in [2.24, 2.45) is 27.2 Å². The molecule has 0 saturated heterocycles. The highest BCUT2D eigenvalue weighted by Crippen LogP contribution is 2.21. The molecule has 0 radical (unpaired) electrons. The number of hydrogen-bond acceptors (Lipinski definition) is 3. The van der Waals surface area contributed by atoms with Crippen molar-refractivity contribution >= 4 is 23.6 Å². The lowest BCUT2D eigenvalue weighted by molar-refractivity contribution is 0.0601. The number of aliphatic imine (C=N–C) groups is 2. The summed E-state index contributed by atoms with van der Waals surface area (Å²) in [7, 11) is 1.17. The first-order valence-corrected chi connectivity index (χ1v) is 4.75. The van der Waals surface area contributed by atoms with Crippen LogP contribution in [0.2, 0.25) is 0 Å². The molecule has 1 aromatic rings. The second-order valence-electron chi connectivity index (χ2n) is 3.16. The number of methoxy groups -OCH3 is 1. The second kappa shape index (κ2) is 5.62. The van der Waals surface area contributed by atoms with E-state index in [9.17, 15) is 9.18 Å². The number of hydrogen-bond donors (Lipinski definition) is 3. The molecule has 0 heterocycles. The number of benzene rings is 1. The Morgan fingerprint density at radius 2 is 2.00 bits per heavy atom. The van der Waals surface area contributed by atoms with Gasteiger partial charge in [-0.25, -0.2) is 14.2 Å². The highest BCUT2D eigenvalue weighted by atomic mass is 19.1. The lowest BCUT2D eigenvalue weighted by atomic mass is 10.2. The van der Waals surface area contributed by atoms with E-state index in [1.165, 1.54) is 13.2 Å². The van der Waals surface area contributed by atoms with Gasteiger partial charge in [-0.05, 0) is 18.2 Å². The molecule has 0 aliphatic carbocycles. The molecule has 0 unspecified atom stereocenters. The lowest BCUT2D eigenvalue weighted by Crippen LogP contribution is -2.26. The molecular formula is C10H12FN5O2. The van der Waals surface area contributed by atoms with Gasteiger partial charge in [0, 0.05) is 0 Å². The molecular weight excluding hydrogens is 241 g/mol. The Bertz CT molecular complexity index is 523. The van der Waals surface area contributed by atoms with Gasteiger partial charge in [0.05, 0.1) is 18.4 Å². The summed E-state index contributed by atoms with van der Waals surface area (Å²) in [6.45, 7) is 0. The van der Waals surface area contributed by atoms with Crippen molar-refractivity contribution in [1.29, 1.82) is 0 Å². The minimum Gasteiger partial charge on any atom is -0.465 e. The molecule has 0 bridgehead atoms. The number of guanidine groups is 2. The van der Waals surface area contributed by atoms with Crippen LogP contribution in [0.3, 0.4) is 0 Å². The van der Waals surface area contributed by atoms with Crippen LogP contribution < -0.4 is 17.2 Å². The Labute approximate surface area is 102 Å². The summed E-state index contributed by atoms with van der Waals surface area (Å²) in [5.41, 5.74) is 15.7. The van der Waals surface area contributed by atoms with Gasteiger partial charge in [-0.2, -0.15) is 4.99 Å². The smallest absolute Gasteiger partial charge is 0.340 e. The highest BCUT2D eigenvalue weighted by Gasteiger charge is 2.13. The Morgan fingerprint density at radius 1 is 1.33 bits per heavy atom. The van der Waals surface area contributed by atoms with Gasteiger partial charge in [0.15, 0.2) is 5.96 Å². The van der Waals surface area contributed by atoms with Gasteiger partial charge in [-0.1, -0.05) is 0 Å². The number of nitrogens with two attached hydrogens (primary N) is 3. The van der Waals surface area contributed by atoms with E-state index in [2.05, 4.69) is 14.7 Å². The van der Waals surface area contributed by atoms with E-state index < -0.39 is 11.8 Å². The van der Waals surface area contributed by atoms with Crippen LogP contribution in [0.4, 0.5) is 10.1 Å². The molecule has 18 heavy (non-hydrogen) atoms. The fourth-order valence-corrected chi connectivity index (χ4v) is 1.16. The number of rotatable bonds is 2. The maximum atomic E-state index is 13.0. The molecule has 1 rings (SSSR count).